The lowest BCUT2D eigenvalue weighted by molar-refractivity contribution is -0.143. The molecule has 138 valence electrons. The van der Waals surface area contributed by atoms with Gasteiger partial charge in [-0.2, -0.15) is 26.3 Å². The minimum atomic E-state index is -5.06. The molecule has 2 aromatic carbocycles. The van der Waals surface area contributed by atoms with Crippen LogP contribution in [0.5, 0.6) is 0 Å². The molecule has 2 aromatic rings. The van der Waals surface area contributed by atoms with Gasteiger partial charge in [-0.05, 0) is 30.3 Å². The van der Waals surface area contributed by atoms with Gasteiger partial charge in [0, 0.05) is 11.4 Å². The van der Waals surface area contributed by atoms with Crippen molar-refractivity contribution in [3.63, 3.8) is 0 Å². The summed E-state index contributed by atoms with van der Waals surface area (Å²) in [7, 11) is 0. The number of halogens is 6. The van der Waals surface area contributed by atoms with Gasteiger partial charge in [0.15, 0.2) is 0 Å². The van der Waals surface area contributed by atoms with Crippen LogP contribution in [0.2, 0.25) is 0 Å². The van der Waals surface area contributed by atoms with Crippen LogP contribution >= 0.6 is 0 Å². The Morgan fingerprint density at radius 1 is 0.654 bits per heavy atom. The molecule has 0 aliphatic heterocycles. The van der Waals surface area contributed by atoms with Gasteiger partial charge in [0.25, 0.3) is 0 Å². The van der Waals surface area contributed by atoms with E-state index in [9.17, 15) is 35.9 Å². The molecule has 2 rings (SSSR count). The second-order valence-electron chi connectivity index (χ2n) is 5.07. The van der Waals surface area contributed by atoms with Crippen molar-refractivity contribution < 1.29 is 35.9 Å². The van der Waals surface area contributed by atoms with Crippen LogP contribution in [-0.4, -0.2) is 11.8 Å². The number of carbonyl (C=O) groups is 2. The monoisotopic (exact) mass is 376 g/mol. The van der Waals surface area contributed by atoms with Gasteiger partial charge in [-0.25, -0.2) is 0 Å². The van der Waals surface area contributed by atoms with Crippen molar-refractivity contribution in [1.82, 2.24) is 0 Å². The van der Waals surface area contributed by atoms with Crippen LogP contribution < -0.4 is 10.6 Å². The normalized spacial score (nSPS) is 11.8. The molecule has 0 bridgehead atoms. The van der Waals surface area contributed by atoms with Gasteiger partial charge in [-0.15, -0.1) is 0 Å². The van der Waals surface area contributed by atoms with Gasteiger partial charge in [-0.1, -0.05) is 18.2 Å². The van der Waals surface area contributed by atoms with Gasteiger partial charge in [-0.3, -0.25) is 9.59 Å². The summed E-state index contributed by atoms with van der Waals surface area (Å²) in [6.07, 6.45) is -10.1. The highest BCUT2D eigenvalue weighted by atomic mass is 19.4. The minimum Gasteiger partial charge on any atom is -0.318 e. The standard InChI is InChI=1S/C16H10F6N2O2/c17-15(18,19)9-6-10(16(20,21)22)8-12(7-9)24-14(26)13(25)23-11-4-2-1-3-5-11/h1-8H,(H,23,25)(H,24,26). The fraction of sp³-hybridized carbons (Fsp3) is 0.125. The molecule has 0 fully saturated rings. The Hall–Kier alpha value is -3.04. The van der Waals surface area contributed by atoms with Gasteiger partial charge in [0.05, 0.1) is 11.1 Å². The zero-order valence-electron chi connectivity index (χ0n) is 12.7. The van der Waals surface area contributed by atoms with E-state index in [0.717, 1.165) is 0 Å². The summed E-state index contributed by atoms with van der Waals surface area (Å²) in [6.45, 7) is 0. The van der Waals surface area contributed by atoms with E-state index >= 15 is 0 Å². The summed E-state index contributed by atoms with van der Waals surface area (Å²) in [5.41, 5.74) is -3.79. The maximum absolute atomic E-state index is 12.8. The highest BCUT2D eigenvalue weighted by Crippen LogP contribution is 2.37. The largest absolute Gasteiger partial charge is 0.416 e. The third kappa shape index (κ3) is 4.98. The van der Waals surface area contributed by atoms with Crippen molar-refractivity contribution in [2.75, 3.05) is 10.6 Å². The maximum atomic E-state index is 12.8. The summed E-state index contributed by atoms with van der Waals surface area (Å²) < 4.78 is 76.6. The SMILES string of the molecule is O=C(Nc1ccccc1)C(=O)Nc1cc(C(F)(F)F)cc(C(F)(F)F)c1. The van der Waals surface area contributed by atoms with E-state index in [0.29, 0.717) is 12.1 Å². The minimum absolute atomic E-state index is 0.0836. The number of amides is 2. The average Bonchev–Trinajstić information content (AvgIpc) is 2.53. The number of hydrogen-bond donors (Lipinski definition) is 2. The van der Waals surface area contributed by atoms with Crippen molar-refractivity contribution in [2.24, 2.45) is 0 Å². The molecule has 0 unspecified atom stereocenters. The molecule has 0 aliphatic carbocycles. The van der Waals surface area contributed by atoms with Crippen molar-refractivity contribution in [3.8, 4) is 0 Å². The molecule has 0 heterocycles. The molecule has 0 saturated heterocycles. The fourth-order valence-corrected chi connectivity index (χ4v) is 1.92. The lowest BCUT2D eigenvalue weighted by atomic mass is 10.1. The topological polar surface area (TPSA) is 58.2 Å². The van der Waals surface area contributed by atoms with Crippen LogP contribution in [0.4, 0.5) is 37.7 Å². The number of rotatable bonds is 2. The van der Waals surface area contributed by atoms with Crippen molar-refractivity contribution in [1.29, 1.82) is 0 Å². The molecule has 0 radical (unpaired) electrons. The Labute approximate surface area is 142 Å². The Kier molecular flexibility index (Phi) is 5.24. The summed E-state index contributed by atoms with van der Waals surface area (Å²) in [5.74, 6) is -2.66. The lowest BCUT2D eigenvalue weighted by Crippen LogP contribution is -2.29. The first-order chi connectivity index (χ1) is 12.0. The zero-order chi connectivity index (χ0) is 19.5. The van der Waals surface area contributed by atoms with Crippen molar-refractivity contribution >= 4 is 23.2 Å². The van der Waals surface area contributed by atoms with Crippen molar-refractivity contribution in [2.45, 2.75) is 12.4 Å². The third-order valence-corrected chi connectivity index (χ3v) is 3.08. The summed E-state index contributed by atoms with van der Waals surface area (Å²) in [6, 6.07) is 8.16. The molecule has 4 nitrogen and oxygen atoms in total. The first-order valence-corrected chi connectivity index (χ1v) is 6.93. The molecule has 0 atom stereocenters. The smallest absolute Gasteiger partial charge is 0.318 e. The van der Waals surface area contributed by atoms with E-state index in [1.807, 2.05) is 0 Å². The van der Waals surface area contributed by atoms with Gasteiger partial charge < -0.3 is 10.6 Å². The molecule has 2 N–H and O–H groups in total. The van der Waals surface area contributed by atoms with Gasteiger partial charge in [0.2, 0.25) is 0 Å². The highest BCUT2D eigenvalue weighted by molar-refractivity contribution is 6.43. The van der Waals surface area contributed by atoms with E-state index in [1.54, 1.807) is 23.5 Å². The number of hydrogen-bond acceptors (Lipinski definition) is 2. The molecule has 0 aromatic heterocycles. The lowest BCUT2D eigenvalue weighted by Gasteiger charge is -2.14. The molecule has 26 heavy (non-hydrogen) atoms. The van der Waals surface area contributed by atoms with Crippen LogP contribution in [-0.2, 0) is 21.9 Å². The van der Waals surface area contributed by atoms with E-state index in [-0.39, 0.29) is 11.8 Å². The Morgan fingerprint density at radius 2 is 1.08 bits per heavy atom. The van der Waals surface area contributed by atoms with Crippen LogP contribution in [0.15, 0.2) is 48.5 Å². The number of anilines is 2. The van der Waals surface area contributed by atoms with Crippen LogP contribution in [0.1, 0.15) is 11.1 Å². The molecule has 0 saturated carbocycles. The number of para-hydroxylation sites is 1. The highest BCUT2D eigenvalue weighted by Gasteiger charge is 2.37. The van der Waals surface area contributed by atoms with Gasteiger partial charge >= 0.3 is 24.2 Å². The second kappa shape index (κ2) is 7.06. The van der Waals surface area contributed by atoms with E-state index in [1.165, 1.54) is 12.1 Å². The Bertz CT molecular complexity index is 783. The number of nitrogens with one attached hydrogen (secondary N) is 2. The molecule has 0 aliphatic rings. The molecule has 10 heteroatoms. The quantitative estimate of drug-likeness (QED) is 0.607. The predicted octanol–water partition coefficient (Wildman–Crippen LogP) is 4.30. The second-order valence-corrected chi connectivity index (χ2v) is 5.07. The molecular formula is C16H10F6N2O2. The summed E-state index contributed by atoms with van der Waals surface area (Å²) >= 11 is 0. The first-order valence-electron chi connectivity index (χ1n) is 6.93. The van der Waals surface area contributed by atoms with Gasteiger partial charge in [0.1, 0.15) is 0 Å². The van der Waals surface area contributed by atoms with Crippen LogP contribution in [0.25, 0.3) is 0 Å². The number of carbonyl (C=O) groups excluding carboxylic acids is 2. The number of alkyl halides is 6. The molecule has 2 amide bonds. The summed E-state index contributed by atoms with van der Waals surface area (Å²) in [5, 5.41) is 3.89. The Balaban J connectivity index is 2.24. The Morgan fingerprint density at radius 3 is 1.50 bits per heavy atom. The molecule has 0 spiro atoms. The summed E-state index contributed by atoms with van der Waals surface area (Å²) in [4.78, 5) is 23.5. The molecular weight excluding hydrogens is 366 g/mol. The third-order valence-electron chi connectivity index (χ3n) is 3.08. The fourth-order valence-electron chi connectivity index (χ4n) is 1.92. The number of benzene rings is 2. The average molecular weight is 376 g/mol. The van der Waals surface area contributed by atoms with Crippen LogP contribution in [0, 0.1) is 0 Å². The first kappa shape index (κ1) is 19.3. The zero-order valence-corrected chi connectivity index (χ0v) is 12.7. The van der Waals surface area contributed by atoms with Crippen LogP contribution in [0.3, 0.4) is 0 Å². The van der Waals surface area contributed by atoms with E-state index in [2.05, 4.69) is 5.32 Å². The van der Waals surface area contributed by atoms with E-state index < -0.39 is 41.0 Å². The maximum Gasteiger partial charge on any atom is 0.416 e. The van der Waals surface area contributed by atoms with E-state index in [4.69, 9.17) is 0 Å². The predicted molar refractivity (Wildman–Crippen MR) is 80.1 cm³/mol. The van der Waals surface area contributed by atoms with Crippen molar-refractivity contribution in [3.05, 3.63) is 59.7 Å².